The van der Waals surface area contributed by atoms with Crippen LogP contribution in [-0.4, -0.2) is 19.6 Å². The van der Waals surface area contributed by atoms with E-state index in [1.54, 1.807) is 13.0 Å². The zero-order chi connectivity index (χ0) is 15.0. The Kier molecular flexibility index (Phi) is 3.16. The fourth-order valence-electron chi connectivity index (χ4n) is 1.80. The van der Waals surface area contributed by atoms with Gasteiger partial charge in [0.25, 0.3) is 5.78 Å². The summed E-state index contributed by atoms with van der Waals surface area (Å²) < 4.78 is 20.6. The highest BCUT2D eigenvalue weighted by Gasteiger charge is 2.17. The average molecular weight is 304 g/mol. The van der Waals surface area contributed by atoms with Crippen molar-refractivity contribution in [1.82, 2.24) is 19.6 Å². The summed E-state index contributed by atoms with van der Waals surface area (Å²) in [6.45, 7) is 1.68. The van der Waals surface area contributed by atoms with Crippen molar-refractivity contribution in [2.45, 2.75) is 6.92 Å². The fraction of sp³-hybridized carbons (Fsp3) is 0.0769. The van der Waals surface area contributed by atoms with Crippen LogP contribution in [0.4, 0.5) is 4.39 Å². The maximum Gasteiger partial charge on any atom is 0.256 e. The van der Waals surface area contributed by atoms with E-state index in [2.05, 4.69) is 15.1 Å². The minimum Gasteiger partial charge on any atom is -0.437 e. The molecule has 0 bridgehead atoms. The Labute approximate surface area is 123 Å². The van der Waals surface area contributed by atoms with Gasteiger partial charge in [-0.3, -0.25) is 0 Å². The minimum absolute atomic E-state index is 0.0691. The predicted molar refractivity (Wildman–Crippen MR) is 71.7 cm³/mol. The fourth-order valence-corrected chi connectivity index (χ4v) is 1.95. The standard InChI is InChI=1S/C13H7ClFN5O/c1-7-11(14)19-13-17-6-18-20(13)12(7)21-10-4-2-3-9(15)8(10)5-16/h2-4,6H,1H3. The molecule has 0 aliphatic heterocycles. The number of fused-ring (bicyclic) bond motifs is 1. The monoisotopic (exact) mass is 303 g/mol. The Bertz CT molecular complexity index is 886. The Balaban J connectivity index is 2.19. The van der Waals surface area contributed by atoms with Gasteiger partial charge in [0.15, 0.2) is 0 Å². The van der Waals surface area contributed by atoms with E-state index in [-0.39, 0.29) is 28.1 Å². The molecular weight excluding hydrogens is 297 g/mol. The number of hydrogen-bond acceptors (Lipinski definition) is 5. The number of hydrogen-bond donors (Lipinski definition) is 0. The molecule has 0 saturated carbocycles. The van der Waals surface area contributed by atoms with Crippen molar-refractivity contribution in [3.05, 3.63) is 46.6 Å². The van der Waals surface area contributed by atoms with E-state index >= 15 is 0 Å². The number of rotatable bonds is 2. The summed E-state index contributed by atoms with van der Waals surface area (Å²) in [6, 6.07) is 5.88. The lowest BCUT2D eigenvalue weighted by Gasteiger charge is -2.11. The zero-order valence-corrected chi connectivity index (χ0v) is 11.5. The topological polar surface area (TPSA) is 76.1 Å². The SMILES string of the molecule is Cc1c(Cl)nc2ncnn2c1Oc1cccc(F)c1C#N. The van der Waals surface area contributed by atoms with Crippen molar-refractivity contribution >= 4 is 17.4 Å². The van der Waals surface area contributed by atoms with Gasteiger partial charge in [0.05, 0.1) is 0 Å². The molecule has 0 radical (unpaired) electrons. The number of aromatic nitrogens is 4. The van der Waals surface area contributed by atoms with Crippen LogP contribution >= 0.6 is 11.6 Å². The van der Waals surface area contributed by atoms with E-state index in [1.807, 2.05) is 0 Å². The molecule has 0 amide bonds. The summed E-state index contributed by atoms with van der Waals surface area (Å²) >= 11 is 6.01. The van der Waals surface area contributed by atoms with Gasteiger partial charge in [0.2, 0.25) is 5.88 Å². The first-order valence-corrected chi connectivity index (χ1v) is 6.22. The molecule has 1 aromatic carbocycles. The van der Waals surface area contributed by atoms with E-state index in [0.717, 1.165) is 0 Å². The number of benzene rings is 1. The van der Waals surface area contributed by atoms with Crippen LogP contribution in [0.2, 0.25) is 5.15 Å². The van der Waals surface area contributed by atoms with Gasteiger partial charge in [0, 0.05) is 5.56 Å². The molecule has 0 N–H and O–H groups in total. The van der Waals surface area contributed by atoms with Crippen LogP contribution in [0.25, 0.3) is 5.78 Å². The van der Waals surface area contributed by atoms with Crippen LogP contribution in [0.15, 0.2) is 24.5 Å². The summed E-state index contributed by atoms with van der Waals surface area (Å²) in [5, 5.41) is 13.2. The lowest BCUT2D eigenvalue weighted by Crippen LogP contribution is -2.03. The van der Waals surface area contributed by atoms with Gasteiger partial charge in [-0.05, 0) is 19.1 Å². The van der Waals surface area contributed by atoms with E-state index in [1.165, 1.54) is 29.0 Å². The summed E-state index contributed by atoms with van der Waals surface area (Å²) in [5.41, 5.74) is 0.306. The van der Waals surface area contributed by atoms with Gasteiger partial charge in [0.1, 0.15) is 34.7 Å². The molecule has 2 heterocycles. The van der Waals surface area contributed by atoms with Crippen molar-refractivity contribution in [3.8, 4) is 17.7 Å². The van der Waals surface area contributed by atoms with Crippen LogP contribution in [0.1, 0.15) is 11.1 Å². The first kappa shape index (κ1) is 13.3. The van der Waals surface area contributed by atoms with Crippen molar-refractivity contribution in [3.63, 3.8) is 0 Å². The van der Waals surface area contributed by atoms with Crippen LogP contribution in [0, 0.1) is 24.1 Å². The molecule has 0 aliphatic rings. The molecule has 21 heavy (non-hydrogen) atoms. The second-order valence-corrected chi connectivity index (χ2v) is 4.49. The highest BCUT2D eigenvalue weighted by molar-refractivity contribution is 6.30. The number of halogens is 2. The van der Waals surface area contributed by atoms with Gasteiger partial charge >= 0.3 is 0 Å². The molecule has 0 spiro atoms. The molecule has 104 valence electrons. The third-order valence-corrected chi connectivity index (χ3v) is 3.21. The molecule has 0 fully saturated rings. The Morgan fingerprint density at radius 1 is 1.43 bits per heavy atom. The number of nitrogens with zero attached hydrogens (tertiary/aromatic N) is 5. The van der Waals surface area contributed by atoms with Crippen molar-refractivity contribution in [2.24, 2.45) is 0 Å². The van der Waals surface area contributed by atoms with Crippen molar-refractivity contribution < 1.29 is 9.13 Å². The molecule has 3 rings (SSSR count). The van der Waals surface area contributed by atoms with E-state index in [9.17, 15) is 4.39 Å². The largest absolute Gasteiger partial charge is 0.437 e. The Morgan fingerprint density at radius 3 is 3.00 bits per heavy atom. The first-order valence-electron chi connectivity index (χ1n) is 5.84. The Morgan fingerprint density at radius 2 is 2.24 bits per heavy atom. The second-order valence-electron chi connectivity index (χ2n) is 4.13. The minimum atomic E-state index is -0.664. The van der Waals surface area contributed by atoms with E-state index < -0.39 is 5.82 Å². The van der Waals surface area contributed by atoms with Gasteiger partial charge in [-0.25, -0.2) is 4.39 Å². The first-order chi connectivity index (χ1) is 10.1. The molecular formula is C13H7ClFN5O. The molecule has 0 unspecified atom stereocenters. The highest BCUT2D eigenvalue weighted by Crippen LogP contribution is 2.31. The third-order valence-electron chi connectivity index (χ3n) is 2.84. The average Bonchev–Trinajstić information content (AvgIpc) is 2.92. The zero-order valence-electron chi connectivity index (χ0n) is 10.7. The molecule has 2 aromatic heterocycles. The molecule has 0 aliphatic carbocycles. The molecule has 0 atom stereocenters. The van der Waals surface area contributed by atoms with Crippen LogP contribution < -0.4 is 4.74 Å². The van der Waals surface area contributed by atoms with E-state index in [4.69, 9.17) is 21.6 Å². The maximum absolute atomic E-state index is 13.6. The second kappa shape index (κ2) is 5.00. The van der Waals surface area contributed by atoms with Crippen LogP contribution in [-0.2, 0) is 0 Å². The lowest BCUT2D eigenvalue weighted by molar-refractivity contribution is 0.436. The van der Waals surface area contributed by atoms with Crippen LogP contribution in [0.3, 0.4) is 0 Å². The van der Waals surface area contributed by atoms with Gasteiger partial charge in [-0.2, -0.15) is 24.8 Å². The molecule has 3 aromatic rings. The normalized spacial score (nSPS) is 10.6. The van der Waals surface area contributed by atoms with Gasteiger partial charge in [-0.1, -0.05) is 17.7 Å². The van der Waals surface area contributed by atoms with Crippen LogP contribution in [0.5, 0.6) is 11.6 Å². The molecule has 0 saturated heterocycles. The third kappa shape index (κ3) is 2.15. The summed E-state index contributed by atoms with van der Waals surface area (Å²) in [5.74, 6) is -0.123. The lowest BCUT2D eigenvalue weighted by atomic mass is 10.2. The summed E-state index contributed by atoms with van der Waals surface area (Å²) in [7, 11) is 0. The van der Waals surface area contributed by atoms with Gasteiger partial charge in [-0.15, -0.1) is 0 Å². The molecule has 8 heteroatoms. The predicted octanol–water partition coefficient (Wildman–Crippen LogP) is 2.89. The maximum atomic E-state index is 13.6. The smallest absolute Gasteiger partial charge is 0.256 e. The molecule has 6 nitrogen and oxygen atoms in total. The van der Waals surface area contributed by atoms with Crippen molar-refractivity contribution in [2.75, 3.05) is 0 Å². The van der Waals surface area contributed by atoms with Crippen molar-refractivity contribution in [1.29, 1.82) is 5.26 Å². The van der Waals surface area contributed by atoms with E-state index in [0.29, 0.717) is 5.56 Å². The Hall–Kier alpha value is -2.72. The highest BCUT2D eigenvalue weighted by atomic mass is 35.5. The quantitative estimate of drug-likeness (QED) is 0.680. The van der Waals surface area contributed by atoms with Gasteiger partial charge < -0.3 is 4.74 Å². The number of ether oxygens (including phenoxy) is 1. The summed E-state index contributed by atoms with van der Waals surface area (Å²) in [4.78, 5) is 7.95. The summed E-state index contributed by atoms with van der Waals surface area (Å²) in [6.07, 6.45) is 1.29. The number of nitriles is 1.